The van der Waals surface area contributed by atoms with Gasteiger partial charge in [-0.2, -0.15) is 17.6 Å². The summed E-state index contributed by atoms with van der Waals surface area (Å²) in [6, 6.07) is 0. The van der Waals surface area contributed by atoms with E-state index >= 15 is 0 Å². The van der Waals surface area contributed by atoms with E-state index in [9.17, 15) is 27.2 Å². The lowest BCUT2D eigenvalue weighted by Gasteiger charge is -2.37. The molecule has 0 aromatic heterocycles. The molecule has 0 N–H and O–H groups in total. The van der Waals surface area contributed by atoms with Crippen molar-refractivity contribution in [3.8, 4) is 0 Å². The third-order valence-corrected chi connectivity index (χ3v) is 5.41. The third kappa shape index (κ3) is 4.31. The van der Waals surface area contributed by atoms with Crippen molar-refractivity contribution >= 4 is 11.9 Å². The van der Waals surface area contributed by atoms with Crippen molar-refractivity contribution in [2.75, 3.05) is 0 Å². The Labute approximate surface area is 150 Å². The summed E-state index contributed by atoms with van der Waals surface area (Å²) < 4.78 is 65.9. The zero-order valence-electron chi connectivity index (χ0n) is 15.2. The Morgan fingerprint density at radius 1 is 0.654 bits per heavy atom. The zero-order chi connectivity index (χ0) is 19.6. The molecule has 0 bridgehead atoms. The fourth-order valence-corrected chi connectivity index (χ4v) is 3.64. The van der Waals surface area contributed by atoms with E-state index in [4.69, 9.17) is 9.47 Å². The van der Waals surface area contributed by atoms with Gasteiger partial charge in [-0.25, -0.2) is 9.59 Å². The number of halogens is 4. The third-order valence-electron chi connectivity index (χ3n) is 5.41. The Hall–Kier alpha value is -1.34. The molecule has 2 aliphatic carbocycles. The standard InChI is InChI=1S/C18H26F4O4/c1-15(9-5-3-6-10-15)25-13(23)17(19,20)18(21,22)14(24)26-16(2)11-7-4-8-12-16/h3-12H2,1-2H3. The van der Waals surface area contributed by atoms with Gasteiger partial charge in [0.2, 0.25) is 0 Å². The Morgan fingerprint density at radius 2 is 0.923 bits per heavy atom. The van der Waals surface area contributed by atoms with Crippen LogP contribution in [0.2, 0.25) is 0 Å². The number of hydrogen-bond acceptors (Lipinski definition) is 4. The summed E-state index contributed by atoms with van der Waals surface area (Å²) in [7, 11) is 0. The van der Waals surface area contributed by atoms with Crippen LogP contribution >= 0.6 is 0 Å². The van der Waals surface area contributed by atoms with Gasteiger partial charge in [0.1, 0.15) is 11.2 Å². The van der Waals surface area contributed by atoms with Crippen LogP contribution in [-0.4, -0.2) is 35.0 Å². The number of esters is 2. The minimum Gasteiger partial charge on any atom is -0.455 e. The van der Waals surface area contributed by atoms with Crippen molar-refractivity contribution in [1.29, 1.82) is 0 Å². The topological polar surface area (TPSA) is 52.6 Å². The number of ether oxygens (including phenoxy) is 2. The van der Waals surface area contributed by atoms with Crippen molar-refractivity contribution in [3.63, 3.8) is 0 Å². The molecular weight excluding hydrogens is 356 g/mol. The predicted octanol–water partition coefficient (Wildman–Crippen LogP) is 4.79. The second-order valence-corrected chi connectivity index (χ2v) is 7.95. The van der Waals surface area contributed by atoms with E-state index in [0.29, 0.717) is 51.4 Å². The number of alkyl halides is 4. The van der Waals surface area contributed by atoms with Gasteiger partial charge < -0.3 is 9.47 Å². The van der Waals surface area contributed by atoms with Crippen LogP contribution in [0.5, 0.6) is 0 Å². The highest BCUT2D eigenvalue weighted by molar-refractivity contribution is 5.90. The van der Waals surface area contributed by atoms with Gasteiger partial charge in [-0.3, -0.25) is 0 Å². The second-order valence-electron chi connectivity index (χ2n) is 7.95. The van der Waals surface area contributed by atoms with Gasteiger partial charge in [0.25, 0.3) is 0 Å². The van der Waals surface area contributed by atoms with Crippen molar-refractivity contribution in [2.45, 2.75) is 101 Å². The minimum absolute atomic E-state index is 0.322. The SMILES string of the molecule is CC1(OC(=O)C(F)(F)C(F)(F)C(=O)OC2(C)CCCCC2)CCCCC1. The van der Waals surface area contributed by atoms with Gasteiger partial charge in [0.15, 0.2) is 0 Å². The molecule has 150 valence electrons. The molecule has 2 fully saturated rings. The van der Waals surface area contributed by atoms with Crippen LogP contribution in [0.3, 0.4) is 0 Å². The first-order chi connectivity index (χ1) is 11.9. The van der Waals surface area contributed by atoms with E-state index < -0.39 is 35.0 Å². The van der Waals surface area contributed by atoms with E-state index in [0.717, 1.165) is 12.8 Å². The molecular formula is C18H26F4O4. The van der Waals surface area contributed by atoms with E-state index in [1.807, 2.05) is 0 Å². The first-order valence-electron chi connectivity index (χ1n) is 9.14. The van der Waals surface area contributed by atoms with Crippen LogP contribution in [0.25, 0.3) is 0 Å². The summed E-state index contributed by atoms with van der Waals surface area (Å²) in [6.07, 6.45) is 5.66. The summed E-state index contributed by atoms with van der Waals surface area (Å²) in [4.78, 5) is 23.6. The molecule has 8 heteroatoms. The molecule has 0 aliphatic heterocycles. The highest BCUT2D eigenvalue weighted by atomic mass is 19.3. The average Bonchev–Trinajstić information content (AvgIpc) is 2.55. The lowest BCUT2D eigenvalue weighted by atomic mass is 9.86. The zero-order valence-corrected chi connectivity index (χ0v) is 15.2. The van der Waals surface area contributed by atoms with Gasteiger partial charge in [0, 0.05) is 0 Å². The molecule has 0 unspecified atom stereocenters. The minimum atomic E-state index is -5.28. The van der Waals surface area contributed by atoms with Crippen molar-refractivity contribution < 1.29 is 36.6 Å². The summed E-state index contributed by atoms with van der Waals surface area (Å²) in [5, 5.41) is 0. The average molecular weight is 382 g/mol. The molecule has 0 saturated heterocycles. The molecule has 26 heavy (non-hydrogen) atoms. The Morgan fingerprint density at radius 3 is 1.19 bits per heavy atom. The number of carbonyl (C=O) groups is 2. The fraction of sp³-hybridized carbons (Fsp3) is 0.889. The van der Waals surface area contributed by atoms with Crippen LogP contribution in [0.1, 0.15) is 78.1 Å². The molecule has 2 aliphatic rings. The first-order valence-corrected chi connectivity index (χ1v) is 9.14. The Bertz CT molecular complexity index is 487. The normalized spacial score (nSPS) is 23.2. The maximum absolute atomic E-state index is 14.1. The Kier molecular flexibility index (Phi) is 5.93. The van der Waals surface area contributed by atoms with E-state index in [-0.39, 0.29) is 0 Å². The predicted molar refractivity (Wildman–Crippen MR) is 85.1 cm³/mol. The van der Waals surface area contributed by atoms with E-state index in [2.05, 4.69) is 0 Å². The molecule has 0 aromatic rings. The molecule has 0 amide bonds. The lowest BCUT2D eigenvalue weighted by molar-refractivity contribution is -0.251. The van der Waals surface area contributed by atoms with Gasteiger partial charge >= 0.3 is 23.8 Å². The number of rotatable bonds is 5. The smallest absolute Gasteiger partial charge is 0.415 e. The number of carbonyl (C=O) groups excluding carboxylic acids is 2. The van der Waals surface area contributed by atoms with Gasteiger partial charge in [0.05, 0.1) is 0 Å². The van der Waals surface area contributed by atoms with Gasteiger partial charge in [-0.05, 0) is 65.2 Å². The molecule has 2 saturated carbocycles. The molecule has 0 atom stereocenters. The monoisotopic (exact) mass is 382 g/mol. The van der Waals surface area contributed by atoms with Crippen LogP contribution in [0, 0.1) is 0 Å². The lowest BCUT2D eigenvalue weighted by Crippen LogP contribution is -2.56. The van der Waals surface area contributed by atoms with Crippen LogP contribution < -0.4 is 0 Å². The van der Waals surface area contributed by atoms with Gasteiger partial charge in [-0.1, -0.05) is 12.8 Å². The molecule has 0 radical (unpaired) electrons. The van der Waals surface area contributed by atoms with Crippen molar-refractivity contribution in [1.82, 2.24) is 0 Å². The summed E-state index contributed by atoms with van der Waals surface area (Å²) in [6.45, 7) is 2.89. The highest BCUT2D eigenvalue weighted by Crippen LogP contribution is 2.41. The van der Waals surface area contributed by atoms with Crippen molar-refractivity contribution in [3.05, 3.63) is 0 Å². The van der Waals surface area contributed by atoms with Crippen LogP contribution in [0.15, 0.2) is 0 Å². The summed E-state index contributed by atoms with van der Waals surface area (Å²) in [5.74, 6) is -15.3. The van der Waals surface area contributed by atoms with E-state index in [1.54, 1.807) is 0 Å². The summed E-state index contributed by atoms with van der Waals surface area (Å²) in [5.41, 5.74) is -2.43. The quantitative estimate of drug-likeness (QED) is 0.507. The molecule has 0 aromatic carbocycles. The molecule has 0 spiro atoms. The fourth-order valence-electron chi connectivity index (χ4n) is 3.64. The molecule has 0 heterocycles. The summed E-state index contributed by atoms with van der Waals surface area (Å²) >= 11 is 0. The maximum atomic E-state index is 14.1. The first kappa shape index (κ1) is 21.0. The van der Waals surface area contributed by atoms with Gasteiger partial charge in [-0.15, -0.1) is 0 Å². The van der Waals surface area contributed by atoms with Crippen LogP contribution in [0.4, 0.5) is 17.6 Å². The van der Waals surface area contributed by atoms with Crippen molar-refractivity contribution in [2.24, 2.45) is 0 Å². The molecule has 2 rings (SSSR count). The number of hydrogen-bond donors (Lipinski definition) is 0. The van der Waals surface area contributed by atoms with E-state index in [1.165, 1.54) is 13.8 Å². The Balaban J connectivity index is 2.08. The highest BCUT2D eigenvalue weighted by Gasteiger charge is 2.70. The van der Waals surface area contributed by atoms with Crippen LogP contribution in [-0.2, 0) is 19.1 Å². The molecule has 4 nitrogen and oxygen atoms in total. The maximum Gasteiger partial charge on any atom is 0.415 e. The largest absolute Gasteiger partial charge is 0.455 e. The second kappa shape index (κ2) is 7.35.